The molecule has 0 amide bonds. The highest BCUT2D eigenvalue weighted by molar-refractivity contribution is 5.36. The van der Waals surface area contributed by atoms with Crippen molar-refractivity contribution in [3.63, 3.8) is 0 Å². The van der Waals surface area contributed by atoms with Crippen LogP contribution >= 0.6 is 0 Å². The number of aliphatic hydroxyl groups is 1. The molecule has 1 heterocycles. The van der Waals surface area contributed by atoms with Crippen LogP contribution in [-0.4, -0.2) is 42.9 Å². The largest absolute Gasteiger partial charge is 0.496 e. The molecule has 4 heteroatoms. The van der Waals surface area contributed by atoms with Gasteiger partial charge in [0.15, 0.2) is 0 Å². The van der Waals surface area contributed by atoms with Gasteiger partial charge in [0, 0.05) is 24.8 Å². The van der Waals surface area contributed by atoms with Crippen molar-refractivity contribution in [3.05, 3.63) is 29.8 Å². The van der Waals surface area contributed by atoms with Gasteiger partial charge in [0.2, 0.25) is 0 Å². The number of likely N-dealkylation sites (tertiary alicyclic amines) is 1. The van der Waals surface area contributed by atoms with Gasteiger partial charge in [-0.1, -0.05) is 24.6 Å². The molecule has 0 aromatic heterocycles. The van der Waals surface area contributed by atoms with Crippen LogP contribution in [0.25, 0.3) is 0 Å². The van der Waals surface area contributed by atoms with Crippen molar-refractivity contribution >= 4 is 0 Å². The highest BCUT2D eigenvalue weighted by Crippen LogP contribution is 2.33. The fraction of sp³-hybridized carbons (Fsp3) is 0.625. The summed E-state index contributed by atoms with van der Waals surface area (Å²) in [7, 11) is 1.70. The Morgan fingerprint density at radius 1 is 1.40 bits per heavy atom. The lowest BCUT2D eigenvalue weighted by Gasteiger charge is -2.41. The lowest BCUT2D eigenvalue weighted by atomic mass is 9.94. The Morgan fingerprint density at radius 2 is 2.20 bits per heavy atom. The number of aliphatic hydroxyl groups excluding tert-OH is 1. The summed E-state index contributed by atoms with van der Waals surface area (Å²) in [5.41, 5.74) is 7.21. The van der Waals surface area contributed by atoms with Gasteiger partial charge in [-0.15, -0.1) is 0 Å². The minimum absolute atomic E-state index is 0.169. The quantitative estimate of drug-likeness (QED) is 0.835. The molecule has 0 saturated carbocycles. The van der Waals surface area contributed by atoms with Gasteiger partial charge in [-0.3, -0.25) is 4.90 Å². The number of para-hydroxylation sites is 1. The molecule has 3 N–H and O–H groups in total. The number of rotatable bonds is 6. The maximum atomic E-state index is 9.28. The second kappa shape index (κ2) is 7.62. The molecule has 112 valence electrons. The van der Waals surface area contributed by atoms with E-state index in [0.29, 0.717) is 12.6 Å². The van der Waals surface area contributed by atoms with Crippen LogP contribution in [0.1, 0.15) is 37.3 Å². The number of ether oxygens (including phenoxy) is 1. The number of hydrogen-bond donors (Lipinski definition) is 2. The summed E-state index contributed by atoms with van der Waals surface area (Å²) in [6, 6.07) is 8.70. The zero-order valence-electron chi connectivity index (χ0n) is 12.3. The van der Waals surface area contributed by atoms with Crippen LogP contribution in [0.5, 0.6) is 5.75 Å². The molecular formula is C16H26N2O2. The first-order valence-corrected chi connectivity index (χ1v) is 7.51. The molecule has 0 spiro atoms. The molecule has 0 aliphatic carbocycles. The Morgan fingerprint density at radius 3 is 2.90 bits per heavy atom. The fourth-order valence-electron chi connectivity index (χ4n) is 3.27. The van der Waals surface area contributed by atoms with Gasteiger partial charge < -0.3 is 15.6 Å². The average molecular weight is 278 g/mol. The summed E-state index contributed by atoms with van der Waals surface area (Å²) in [6.45, 7) is 1.86. The number of nitrogens with zero attached hydrogens (tertiary/aromatic N) is 1. The topological polar surface area (TPSA) is 58.7 Å². The molecule has 2 rings (SSSR count). The highest BCUT2D eigenvalue weighted by atomic mass is 16.5. The van der Waals surface area contributed by atoms with Crippen LogP contribution in [0.2, 0.25) is 0 Å². The van der Waals surface area contributed by atoms with Crippen molar-refractivity contribution < 1.29 is 9.84 Å². The Bertz CT molecular complexity index is 409. The van der Waals surface area contributed by atoms with Gasteiger partial charge in [0.25, 0.3) is 0 Å². The van der Waals surface area contributed by atoms with E-state index in [9.17, 15) is 5.11 Å². The molecule has 1 aliphatic heterocycles. The van der Waals surface area contributed by atoms with E-state index in [0.717, 1.165) is 30.7 Å². The van der Waals surface area contributed by atoms with Crippen LogP contribution in [0.3, 0.4) is 0 Å². The van der Waals surface area contributed by atoms with Crippen molar-refractivity contribution in [3.8, 4) is 5.75 Å². The molecular weight excluding hydrogens is 252 g/mol. The Hall–Kier alpha value is -1.10. The van der Waals surface area contributed by atoms with Crippen molar-refractivity contribution in [1.82, 2.24) is 4.90 Å². The van der Waals surface area contributed by atoms with Gasteiger partial charge in [0.05, 0.1) is 13.2 Å². The van der Waals surface area contributed by atoms with E-state index in [1.807, 2.05) is 18.2 Å². The van der Waals surface area contributed by atoms with E-state index in [1.165, 1.54) is 12.8 Å². The van der Waals surface area contributed by atoms with E-state index in [4.69, 9.17) is 10.5 Å². The van der Waals surface area contributed by atoms with E-state index in [2.05, 4.69) is 11.0 Å². The van der Waals surface area contributed by atoms with Crippen molar-refractivity contribution in [2.75, 3.05) is 26.8 Å². The predicted octanol–water partition coefficient (Wildman–Crippen LogP) is 1.93. The van der Waals surface area contributed by atoms with E-state index in [1.54, 1.807) is 7.11 Å². The molecule has 1 aromatic carbocycles. The summed E-state index contributed by atoms with van der Waals surface area (Å²) in [5, 5.41) is 9.28. The van der Waals surface area contributed by atoms with Crippen molar-refractivity contribution in [2.45, 2.75) is 37.8 Å². The molecule has 2 unspecified atom stereocenters. The third-order valence-corrected chi connectivity index (χ3v) is 4.26. The lowest BCUT2D eigenvalue weighted by molar-refractivity contribution is 0.0771. The van der Waals surface area contributed by atoms with Crippen LogP contribution in [0.15, 0.2) is 24.3 Å². The van der Waals surface area contributed by atoms with Gasteiger partial charge in [-0.2, -0.15) is 0 Å². The number of methoxy groups -OCH3 is 1. The normalized spacial score (nSPS) is 21.6. The van der Waals surface area contributed by atoms with Crippen LogP contribution in [-0.2, 0) is 0 Å². The average Bonchev–Trinajstić information content (AvgIpc) is 2.50. The van der Waals surface area contributed by atoms with Crippen LogP contribution in [0, 0.1) is 0 Å². The molecule has 1 saturated heterocycles. The first-order chi connectivity index (χ1) is 9.81. The third-order valence-electron chi connectivity index (χ3n) is 4.26. The molecule has 20 heavy (non-hydrogen) atoms. The van der Waals surface area contributed by atoms with Gasteiger partial charge >= 0.3 is 0 Å². The summed E-state index contributed by atoms with van der Waals surface area (Å²) in [4.78, 5) is 2.46. The summed E-state index contributed by atoms with van der Waals surface area (Å²) < 4.78 is 5.48. The predicted molar refractivity (Wildman–Crippen MR) is 80.8 cm³/mol. The number of benzene rings is 1. The van der Waals surface area contributed by atoms with Crippen molar-refractivity contribution in [1.29, 1.82) is 0 Å². The summed E-state index contributed by atoms with van der Waals surface area (Å²) in [6.07, 6.45) is 4.41. The number of nitrogens with two attached hydrogens (primary N) is 1. The van der Waals surface area contributed by atoms with Crippen molar-refractivity contribution in [2.24, 2.45) is 5.73 Å². The van der Waals surface area contributed by atoms with E-state index >= 15 is 0 Å². The zero-order chi connectivity index (χ0) is 14.4. The monoisotopic (exact) mass is 278 g/mol. The number of piperidine rings is 1. The lowest BCUT2D eigenvalue weighted by Crippen LogP contribution is -2.45. The third kappa shape index (κ3) is 3.32. The molecule has 0 bridgehead atoms. The SMILES string of the molecule is COc1ccccc1C(CN)N1CCCCC1CCO. The summed E-state index contributed by atoms with van der Waals surface area (Å²) in [5.74, 6) is 0.899. The van der Waals surface area contributed by atoms with Crippen LogP contribution in [0.4, 0.5) is 0 Å². The first-order valence-electron chi connectivity index (χ1n) is 7.51. The smallest absolute Gasteiger partial charge is 0.123 e. The Labute approximate surface area is 121 Å². The second-order valence-corrected chi connectivity index (χ2v) is 5.39. The fourth-order valence-corrected chi connectivity index (χ4v) is 3.27. The standard InChI is InChI=1S/C16H26N2O2/c1-20-16-8-3-2-7-14(16)15(12-17)18-10-5-4-6-13(18)9-11-19/h2-3,7-8,13,15,19H,4-6,9-12,17H2,1H3. The molecule has 1 aromatic rings. The maximum Gasteiger partial charge on any atom is 0.123 e. The first kappa shape index (κ1) is 15.3. The molecule has 0 radical (unpaired) electrons. The molecule has 2 atom stereocenters. The van der Waals surface area contributed by atoms with Gasteiger partial charge in [-0.05, 0) is 31.9 Å². The molecule has 1 fully saturated rings. The Kier molecular flexibility index (Phi) is 5.83. The molecule has 1 aliphatic rings. The summed E-state index contributed by atoms with van der Waals surface area (Å²) >= 11 is 0. The van der Waals surface area contributed by atoms with Gasteiger partial charge in [-0.25, -0.2) is 0 Å². The minimum atomic E-state index is 0.169. The van der Waals surface area contributed by atoms with E-state index in [-0.39, 0.29) is 12.6 Å². The Balaban J connectivity index is 2.25. The maximum absolute atomic E-state index is 9.28. The highest BCUT2D eigenvalue weighted by Gasteiger charge is 2.30. The zero-order valence-corrected chi connectivity index (χ0v) is 12.3. The van der Waals surface area contributed by atoms with Gasteiger partial charge in [0.1, 0.15) is 5.75 Å². The van der Waals surface area contributed by atoms with Crippen LogP contribution < -0.4 is 10.5 Å². The van der Waals surface area contributed by atoms with E-state index < -0.39 is 0 Å². The number of hydrogen-bond acceptors (Lipinski definition) is 4. The minimum Gasteiger partial charge on any atom is -0.496 e. The second-order valence-electron chi connectivity index (χ2n) is 5.39. The molecule has 4 nitrogen and oxygen atoms in total.